The fraction of sp³-hybridized carbons (Fsp3) is 0.348. The summed E-state index contributed by atoms with van der Waals surface area (Å²) in [6.07, 6.45) is 2.99. The normalized spacial score (nSPS) is 22.5. The van der Waals surface area contributed by atoms with Crippen LogP contribution in [0.3, 0.4) is 0 Å². The van der Waals surface area contributed by atoms with E-state index in [1.165, 1.54) is 6.07 Å². The average Bonchev–Trinajstić information content (AvgIpc) is 3.28. The minimum absolute atomic E-state index is 0.0165. The standard InChI is InChI=1S/C23H23FN6O/c1-12-16-9-14(24)4-5-15(16)17-6-7-18(29(17)2)22-21(19(10-25)30(3)28-22)13-8-20(31-12)23(26)27-11-13/h4-5,8-9,11-12,17-18H,6-7H2,1-3H3,(H2,26,27). The number of pyridine rings is 1. The highest BCUT2D eigenvalue weighted by Gasteiger charge is 2.38. The van der Waals surface area contributed by atoms with Crippen LogP contribution >= 0.6 is 0 Å². The van der Waals surface area contributed by atoms with Gasteiger partial charge in [0.1, 0.15) is 23.7 Å². The molecule has 1 aromatic carbocycles. The van der Waals surface area contributed by atoms with Crippen molar-refractivity contribution in [1.29, 1.82) is 5.26 Å². The van der Waals surface area contributed by atoms with E-state index in [2.05, 4.69) is 23.0 Å². The van der Waals surface area contributed by atoms with Gasteiger partial charge in [0.15, 0.2) is 11.6 Å². The maximum absolute atomic E-state index is 14.2. The Kier molecular flexibility index (Phi) is 4.45. The number of hydrogen-bond donors (Lipinski definition) is 1. The van der Waals surface area contributed by atoms with Gasteiger partial charge in [-0.1, -0.05) is 6.07 Å². The number of aryl methyl sites for hydroxylation is 1. The van der Waals surface area contributed by atoms with Gasteiger partial charge in [0.2, 0.25) is 0 Å². The predicted octanol–water partition coefficient (Wildman–Crippen LogP) is 4.04. The van der Waals surface area contributed by atoms with Gasteiger partial charge in [-0.2, -0.15) is 10.4 Å². The van der Waals surface area contributed by atoms with Crippen molar-refractivity contribution in [1.82, 2.24) is 19.7 Å². The third-order valence-electron chi connectivity index (χ3n) is 6.51. The van der Waals surface area contributed by atoms with Crippen molar-refractivity contribution in [2.45, 2.75) is 38.0 Å². The van der Waals surface area contributed by atoms with Crippen molar-refractivity contribution in [3.05, 3.63) is 58.8 Å². The topological polar surface area (TPSA) is 93.0 Å². The molecule has 3 atom stereocenters. The molecule has 4 heterocycles. The van der Waals surface area contributed by atoms with Crippen molar-refractivity contribution in [3.63, 3.8) is 0 Å². The van der Waals surface area contributed by atoms with Crippen LogP contribution in [0.25, 0.3) is 11.1 Å². The van der Waals surface area contributed by atoms with Gasteiger partial charge in [-0.05, 0) is 56.1 Å². The number of hydrogen-bond acceptors (Lipinski definition) is 6. The van der Waals surface area contributed by atoms with Crippen LogP contribution in [0, 0.1) is 17.1 Å². The van der Waals surface area contributed by atoms with E-state index >= 15 is 0 Å². The van der Waals surface area contributed by atoms with Crippen molar-refractivity contribution >= 4 is 5.82 Å². The minimum atomic E-state index is -0.430. The van der Waals surface area contributed by atoms with E-state index in [1.54, 1.807) is 30.1 Å². The second-order valence-electron chi connectivity index (χ2n) is 8.26. The molecule has 3 unspecified atom stereocenters. The largest absolute Gasteiger partial charge is 0.482 e. The van der Waals surface area contributed by atoms with Crippen LogP contribution in [0.15, 0.2) is 30.5 Å². The van der Waals surface area contributed by atoms with Gasteiger partial charge in [-0.25, -0.2) is 9.37 Å². The third kappa shape index (κ3) is 2.96. The molecule has 4 bridgehead atoms. The molecule has 0 radical (unpaired) electrons. The van der Waals surface area contributed by atoms with E-state index in [0.29, 0.717) is 11.4 Å². The Morgan fingerprint density at radius 1 is 1.19 bits per heavy atom. The molecule has 1 fully saturated rings. The number of rotatable bonds is 0. The quantitative estimate of drug-likeness (QED) is 0.592. The van der Waals surface area contributed by atoms with Crippen molar-refractivity contribution in [3.8, 4) is 22.9 Å². The van der Waals surface area contributed by atoms with Crippen LogP contribution in [0.2, 0.25) is 0 Å². The Labute approximate surface area is 179 Å². The summed E-state index contributed by atoms with van der Waals surface area (Å²) >= 11 is 0. The molecule has 3 aromatic rings. The Hall–Kier alpha value is -3.44. The summed E-state index contributed by atoms with van der Waals surface area (Å²) in [5, 5.41) is 14.6. The van der Waals surface area contributed by atoms with E-state index in [9.17, 15) is 9.65 Å². The van der Waals surface area contributed by atoms with Crippen LogP contribution in [-0.4, -0.2) is 26.7 Å². The number of nitrogens with zero attached hydrogens (tertiary/aromatic N) is 5. The molecule has 0 spiro atoms. The lowest BCUT2D eigenvalue weighted by Crippen LogP contribution is -2.24. The monoisotopic (exact) mass is 418 g/mol. The zero-order valence-corrected chi connectivity index (χ0v) is 17.6. The highest BCUT2D eigenvalue weighted by atomic mass is 19.1. The average molecular weight is 418 g/mol. The first-order valence-corrected chi connectivity index (χ1v) is 10.3. The zero-order chi connectivity index (χ0) is 21.9. The van der Waals surface area contributed by atoms with Crippen molar-refractivity contribution < 1.29 is 9.13 Å². The van der Waals surface area contributed by atoms with E-state index in [-0.39, 0.29) is 23.7 Å². The minimum Gasteiger partial charge on any atom is -0.482 e. The van der Waals surface area contributed by atoms with Gasteiger partial charge in [-0.15, -0.1) is 0 Å². The molecule has 31 heavy (non-hydrogen) atoms. The molecular weight excluding hydrogens is 395 g/mol. The molecule has 0 saturated carbocycles. The molecule has 2 aliphatic heterocycles. The maximum atomic E-state index is 14.2. The Morgan fingerprint density at radius 3 is 2.74 bits per heavy atom. The van der Waals surface area contributed by atoms with Gasteiger partial charge in [0.25, 0.3) is 0 Å². The summed E-state index contributed by atoms with van der Waals surface area (Å²) in [4.78, 5) is 6.59. The molecule has 7 nitrogen and oxygen atoms in total. The molecule has 5 rings (SSSR count). The predicted molar refractivity (Wildman–Crippen MR) is 113 cm³/mol. The SMILES string of the molecule is CC1Oc2cc(cnc2N)-c2c(nn(C)c2C#N)C2CCC(c3ccc(F)cc31)N2C. The van der Waals surface area contributed by atoms with Crippen LogP contribution in [-0.2, 0) is 7.05 Å². The van der Waals surface area contributed by atoms with Gasteiger partial charge < -0.3 is 10.5 Å². The van der Waals surface area contributed by atoms with Crippen molar-refractivity contribution in [2.24, 2.45) is 7.05 Å². The van der Waals surface area contributed by atoms with Crippen molar-refractivity contribution in [2.75, 3.05) is 12.8 Å². The van der Waals surface area contributed by atoms with Crippen LogP contribution in [0.4, 0.5) is 10.2 Å². The molecule has 158 valence electrons. The highest BCUT2D eigenvalue weighted by Crippen LogP contribution is 2.48. The molecule has 2 N–H and O–H groups in total. The van der Waals surface area contributed by atoms with Gasteiger partial charge in [0.05, 0.1) is 11.7 Å². The Bertz CT molecular complexity index is 1230. The second-order valence-corrected chi connectivity index (χ2v) is 8.26. The number of nitrogen functional groups attached to an aromatic ring is 1. The zero-order valence-electron chi connectivity index (χ0n) is 17.6. The number of halogens is 1. The summed E-state index contributed by atoms with van der Waals surface area (Å²) in [7, 11) is 3.84. The number of nitrogens with two attached hydrogens (primary N) is 1. The smallest absolute Gasteiger partial charge is 0.166 e. The highest BCUT2D eigenvalue weighted by molar-refractivity contribution is 5.74. The molecule has 2 aliphatic rings. The fourth-order valence-corrected chi connectivity index (χ4v) is 4.98. The lowest BCUT2D eigenvalue weighted by Gasteiger charge is -2.29. The molecule has 8 heteroatoms. The van der Waals surface area contributed by atoms with E-state index < -0.39 is 6.10 Å². The summed E-state index contributed by atoms with van der Waals surface area (Å²) in [5.74, 6) is 0.346. The van der Waals surface area contributed by atoms with Gasteiger partial charge in [-0.3, -0.25) is 9.58 Å². The summed E-state index contributed by atoms with van der Waals surface area (Å²) in [6, 6.07) is 9.06. The Morgan fingerprint density at radius 2 is 1.97 bits per heavy atom. The first-order valence-electron chi connectivity index (χ1n) is 10.3. The lowest BCUT2D eigenvalue weighted by molar-refractivity contribution is 0.212. The lowest BCUT2D eigenvalue weighted by atomic mass is 9.95. The number of fused-ring (bicyclic) bond motifs is 9. The number of aromatic nitrogens is 3. The molecule has 0 amide bonds. The number of nitriles is 1. The first kappa shape index (κ1) is 19.5. The Balaban J connectivity index is 1.80. The summed E-state index contributed by atoms with van der Waals surface area (Å²) in [5.41, 5.74) is 10.7. The summed E-state index contributed by atoms with van der Waals surface area (Å²) in [6.45, 7) is 1.89. The molecular formula is C23H23FN6O. The third-order valence-corrected chi connectivity index (χ3v) is 6.51. The molecule has 0 aliphatic carbocycles. The van der Waals surface area contributed by atoms with E-state index in [0.717, 1.165) is 40.8 Å². The maximum Gasteiger partial charge on any atom is 0.166 e. The number of ether oxygens (including phenoxy) is 1. The van der Waals surface area contributed by atoms with E-state index in [4.69, 9.17) is 15.6 Å². The van der Waals surface area contributed by atoms with Gasteiger partial charge >= 0.3 is 0 Å². The van der Waals surface area contributed by atoms with Gasteiger partial charge in [0, 0.05) is 30.4 Å². The second kappa shape index (κ2) is 7.06. The number of benzene rings is 1. The molecule has 1 saturated heterocycles. The summed E-state index contributed by atoms with van der Waals surface area (Å²) < 4.78 is 22.0. The van der Waals surface area contributed by atoms with Crippen LogP contribution in [0.5, 0.6) is 5.75 Å². The molecule has 2 aromatic heterocycles. The fourth-order valence-electron chi connectivity index (χ4n) is 4.98. The van der Waals surface area contributed by atoms with Crippen LogP contribution in [0.1, 0.15) is 60.5 Å². The number of anilines is 1. The van der Waals surface area contributed by atoms with E-state index in [1.807, 2.05) is 13.0 Å². The first-order chi connectivity index (χ1) is 14.9. The van der Waals surface area contributed by atoms with Crippen LogP contribution < -0.4 is 10.5 Å².